The molecule has 4 nitrogen and oxygen atoms in total. The number of aromatic amines is 1. The van der Waals surface area contributed by atoms with Gasteiger partial charge in [0.1, 0.15) is 6.33 Å². The lowest BCUT2D eigenvalue weighted by Crippen LogP contribution is -2.22. The quantitative estimate of drug-likeness (QED) is 0.408. The Labute approximate surface area is 82.2 Å². The molecule has 0 bridgehead atoms. The highest BCUT2D eigenvalue weighted by molar-refractivity contribution is 7.99. The minimum absolute atomic E-state index is 0.480. The van der Waals surface area contributed by atoms with Gasteiger partial charge in [-0.3, -0.25) is 5.10 Å². The van der Waals surface area contributed by atoms with Crippen LogP contribution in [-0.2, 0) is 0 Å². The molecule has 0 amide bonds. The van der Waals surface area contributed by atoms with E-state index < -0.39 is 0 Å². The second-order valence-corrected chi connectivity index (χ2v) is 4.09. The number of hydrogen-bond donors (Lipinski definition) is 2. The van der Waals surface area contributed by atoms with Crippen LogP contribution >= 0.6 is 11.8 Å². The third kappa shape index (κ3) is 4.10. The first-order chi connectivity index (χ1) is 6.33. The van der Waals surface area contributed by atoms with E-state index in [1.165, 1.54) is 6.33 Å². The molecule has 5 heteroatoms. The molecule has 0 aliphatic carbocycles. The number of hydrogen-bond acceptors (Lipinski definition) is 4. The molecule has 0 fully saturated rings. The normalized spacial score (nSPS) is 12.7. The number of thioether (sulfide) groups is 1. The summed E-state index contributed by atoms with van der Waals surface area (Å²) in [6.45, 7) is 7.57. The van der Waals surface area contributed by atoms with Gasteiger partial charge in [-0.1, -0.05) is 24.8 Å². The molecule has 0 spiro atoms. The molecule has 1 unspecified atom stereocenters. The summed E-state index contributed by atoms with van der Waals surface area (Å²) < 4.78 is 0. The summed E-state index contributed by atoms with van der Waals surface area (Å²) in [7, 11) is 0. The van der Waals surface area contributed by atoms with Gasteiger partial charge in [0.05, 0.1) is 0 Å². The van der Waals surface area contributed by atoms with E-state index in [-0.39, 0.29) is 0 Å². The predicted molar refractivity (Wildman–Crippen MR) is 54.8 cm³/mol. The molecule has 1 rings (SSSR count). The fourth-order valence-electron chi connectivity index (χ4n) is 0.872. The first kappa shape index (κ1) is 10.3. The Hall–Kier alpha value is -0.810. The van der Waals surface area contributed by atoms with Crippen molar-refractivity contribution in [2.24, 2.45) is 0 Å². The van der Waals surface area contributed by atoms with Gasteiger partial charge in [-0.05, 0) is 0 Å². The molecule has 0 radical (unpaired) electrons. The Morgan fingerprint density at radius 2 is 2.69 bits per heavy atom. The summed E-state index contributed by atoms with van der Waals surface area (Å²) in [5.74, 6) is 0. The van der Waals surface area contributed by atoms with Crippen LogP contribution in [0.15, 0.2) is 24.1 Å². The van der Waals surface area contributed by atoms with Crippen molar-refractivity contribution in [2.75, 3.05) is 13.1 Å². The first-order valence-corrected chi connectivity index (χ1v) is 5.04. The van der Waals surface area contributed by atoms with Gasteiger partial charge in [0.2, 0.25) is 0 Å². The van der Waals surface area contributed by atoms with Crippen LogP contribution in [0.3, 0.4) is 0 Å². The average molecular weight is 198 g/mol. The molecule has 2 N–H and O–H groups in total. The van der Waals surface area contributed by atoms with Gasteiger partial charge in [-0.25, -0.2) is 4.98 Å². The highest BCUT2D eigenvalue weighted by Crippen LogP contribution is 2.16. The molecule has 1 aromatic rings. The third-order valence-corrected chi connectivity index (χ3v) is 2.42. The molecule has 0 saturated heterocycles. The Morgan fingerprint density at radius 1 is 1.85 bits per heavy atom. The van der Waals surface area contributed by atoms with Crippen LogP contribution < -0.4 is 5.32 Å². The average Bonchev–Trinajstić information content (AvgIpc) is 2.57. The van der Waals surface area contributed by atoms with E-state index in [4.69, 9.17) is 0 Å². The largest absolute Gasteiger partial charge is 0.312 e. The number of nitrogens with zero attached hydrogens (tertiary/aromatic N) is 2. The Bertz CT molecular complexity index is 234. The molecule has 0 aliphatic rings. The fourth-order valence-corrected chi connectivity index (χ4v) is 1.67. The maximum Gasteiger partial charge on any atom is 0.183 e. The molecule has 72 valence electrons. The summed E-state index contributed by atoms with van der Waals surface area (Å²) >= 11 is 1.67. The van der Waals surface area contributed by atoms with Gasteiger partial charge in [0.15, 0.2) is 5.16 Å². The molecule has 1 aromatic heterocycles. The van der Waals surface area contributed by atoms with Crippen LogP contribution in [0.4, 0.5) is 0 Å². The first-order valence-electron chi connectivity index (χ1n) is 4.16. The van der Waals surface area contributed by atoms with Crippen LogP contribution in [0.5, 0.6) is 0 Å². The fraction of sp³-hybridized carbons (Fsp3) is 0.500. The molecule has 0 saturated carbocycles. The topological polar surface area (TPSA) is 53.6 Å². The van der Waals surface area contributed by atoms with E-state index >= 15 is 0 Å². The Morgan fingerprint density at radius 3 is 3.31 bits per heavy atom. The standard InChI is InChI=1S/C8H14N4S/c1-3-4-9-5-7(2)13-8-10-6-11-12-8/h3,6-7,9H,1,4-5H2,2H3,(H,10,11,12). The second-order valence-electron chi connectivity index (χ2n) is 2.67. The van der Waals surface area contributed by atoms with Crippen molar-refractivity contribution in [3.63, 3.8) is 0 Å². The van der Waals surface area contributed by atoms with E-state index in [9.17, 15) is 0 Å². The van der Waals surface area contributed by atoms with Crippen LogP contribution in [0.1, 0.15) is 6.92 Å². The van der Waals surface area contributed by atoms with Crippen LogP contribution in [-0.4, -0.2) is 33.5 Å². The van der Waals surface area contributed by atoms with Crippen LogP contribution in [0.2, 0.25) is 0 Å². The Kier molecular flexibility index (Phi) is 4.56. The second kappa shape index (κ2) is 5.77. The zero-order valence-electron chi connectivity index (χ0n) is 7.66. The van der Waals surface area contributed by atoms with Gasteiger partial charge in [0, 0.05) is 18.3 Å². The van der Waals surface area contributed by atoms with Crippen molar-refractivity contribution in [1.82, 2.24) is 20.5 Å². The molecular weight excluding hydrogens is 184 g/mol. The number of rotatable bonds is 6. The summed E-state index contributed by atoms with van der Waals surface area (Å²) in [4.78, 5) is 4.03. The van der Waals surface area contributed by atoms with E-state index in [0.29, 0.717) is 5.25 Å². The SMILES string of the molecule is C=CCNCC(C)Sc1ncn[nH]1. The van der Waals surface area contributed by atoms with E-state index in [2.05, 4.69) is 34.0 Å². The van der Waals surface area contributed by atoms with Crippen molar-refractivity contribution < 1.29 is 0 Å². The van der Waals surface area contributed by atoms with Crippen molar-refractivity contribution in [3.8, 4) is 0 Å². The van der Waals surface area contributed by atoms with E-state index in [1.54, 1.807) is 11.8 Å². The molecule has 0 aliphatic heterocycles. The van der Waals surface area contributed by atoms with Crippen molar-refractivity contribution in [2.45, 2.75) is 17.3 Å². The van der Waals surface area contributed by atoms with Gasteiger partial charge in [0.25, 0.3) is 0 Å². The lowest BCUT2D eigenvalue weighted by molar-refractivity contribution is 0.738. The van der Waals surface area contributed by atoms with E-state index in [1.807, 2.05) is 6.08 Å². The van der Waals surface area contributed by atoms with Gasteiger partial charge >= 0.3 is 0 Å². The summed E-state index contributed by atoms with van der Waals surface area (Å²) in [6, 6.07) is 0. The molecule has 1 heterocycles. The Balaban J connectivity index is 2.17. The molecule has 0 aromatic carbocycles. The predicted octanol–water partition coefficient (Wildman–Crippen LogP) is 1.06. The summed E-state index contributed by atoms with van der Waals surface area (Å²) in [5.41, 5.74) is 0. The monoisotopic (exact) mass is 198 g/mol. The highest BCUT2D eigenvalue weighted by atomic mass is 32.2. The van der Waals surface area contributed by atoms with Crippen molar-refractivity contribution in [3.05, 3.63) is 19.0 Å². The van der Waals surface area contributed by atoms with E-state index in [0.717, 1.165) is 18.2 Å². The van der Waals surface area contributed by atoms with Crippen LogP contribution in [0.25, 0.3) is 0 Å². The lowest BCUT2D eigenvalue weighted by Gasteiger charge is -2.08. The summed E-state index contributed by atoms with van der Waals surface area (Å²) in [6.07, 6.45) is 3.37. The van der Waals surface area contributed by atoms with Gasteiger partial charge < -0.3 is 5.32 Å². The maximum atomic E-state index is 4.03. The smallest absolute Gasteiger partial charge is 0.183 e. The molecular formula is C8H14N4S. The summed E-state index contributed by atoms with van der Waals surface area (Å²) in [5, 5.41) is 11.2. The molecule has 13 heavy (non-hydrogen) atoms. The highest BCUT2D eigenvalue weighted by Gasteiger charge is 2.04. The van der Waals surface area contributed by atoms with Gasteiger partial charge in [-0.2, -0.15) is 5.10 Å². The lowest BCUT2D eigenvalue weighted by atomic mass is 10.4. The van der Waals surface area contributed by atoms with Crippen LogP contribution in [0, 0.1) is 0 Å². The van der Waals surface area contributed by atoms with Crippen molar-refractivity contribution >= 4 is 11.8 Å². The number of nitrogens with one attached hydrogen (secondary N) is 2. The maximum absolute atomic E-state index is 4.03. The zero-order valence-corrected chi connectivity index (χ0v) is 8.47. The zero-order chi connectivity index (χ0) is 9.52. The minimum atomic E-state index is 0.480. The van der Waals surface area contributed by atoms with Gasteiger partial charge in [-0.15, -0.1) is 6.58 Å². The minimum Gasteiger partial charge on any atom is -0.312 e. The molecule has 1 atom stereocenters. The number of aromatic nitrogens is 3. The van der Waals surface area contributed by atoms with Crippen molar-refractivity contribution in [1.29, 1.82) is 0 Å². The number of H-pyrrole nitrogens is 1. The third-order valence-electron chi connectivity index (χ3n) is 1.43.